The van der Waals surface area contributed by atoms with Crippen LogP contribution in [0.5, 0.6) is 0 Å². The van der Waals surface area contributed by atoms with Crippen molar-refractivity contribution in [2.24, 2.45) is 0 Å². The molecular weight excluding hydrogens is 267 g/mol. The SMILES string of the molecule is CCCC(=O)O[Si](OCC)(OCC)OCC.[K]. The number of carbonyl (C=O) groups excluding carboxylic acids is 1. The fraction of sp³-hybridized carbons (Fsp3) is 0.900. The third kappa shape index (κ3) is 8.84. The summed E-state index contributed by atoms with van der Waals surface area (Å²) in [7, 11) is -3.25. The van der Waals surface area contributed by atoms with Gasteiger partial charge in [-0.2, -0.15) is 0 Å². The molecule has 0 aliphatic heterocycles. The summed E-state index contributed by atoms with van der Waals surface area (Å²) in [5.41, 5.74) is 0. The molecule has 97 valence electrons. The maximum Gasteiger partial charge on any atom is 0.751 e. The monoisotopic (exact) mass is 289 g/mol. The van der Waals surface area contributed by atoms with Crippen molar-refractivity contribution in [2.75, 3.05) is 19.8 Å². The molecule has 0 N–H and O–H groups in total. The van der Waals surface area contributed by atoms with Crippen molar-refractivity contribution in [3.05, 3.63) is 0 Å². The molecule has 0 spiro atoms. The van der Waals surface area contributed by atoms with Gasteiger partial charge in [0.05, 0.1) is 0 Å². The van der Waals surface area contributed by atoms with Crippen LogP contribution in [0.25, 0.3) is 0 Å². The second-order valence-corrected chi connectivity index (χ2v) is 5.09. The Morgan fingerprint density at radius 2 is 1.35 bits per heavy atom. The molecule has 0 aromatic rings. The van der Waals surface area contributed by atoms with E-state index in [1.807, 2.05) is 27.7 Å². The van der Waals surface area contributed by atoms with Gasteiger partial charge in [0.2, 0.25) is 0 Å². The average Bonchev–Trinajstić information content (AvgIpc) is 2.18. The minimum Gasteiger partial charge on any atom is -0.452 e. The molecule has 0 atom stereocenters. The quantitative estimate of drug-likeness (QED) is 0.602. The molecule has 7 heteroatoms. The molecule has 0 saturated carbocycles. The van der Waals surface area contributed by atoms with E-state index in [0.717, 1.165) is 6.42 Å². The Hall–Kier alpha value is 1.20. The van der Waals surface area contributed by atoms with Gasteiger partial charge in [-0.15, -0.1) is 0 Å². The van der Waals surface area contributed by atoms with Crippen LogP contribution in [-0.4, -0.2) is 86.2 Å². The van der Waals surface area contributed by atoms with E-state index < -0.39 is 9.05 Å². The Morgan fingerprint density at radius 3 is 1.65 bits per heavy atom. The predicted molar refractivity (Wildman–Crippen MR) is 67.4 cm³/mol. The van der Waals surface area contributed by atoms with Crippen molar-refractivity contribution in [1.29, 1.82) is 0 Å². The van der Waals surface area contributed by atoms with Crippen molar-refractivity contribution >= 4 is 66.4 Å². The summed E-state index contributed by atoms with van der Waals surface area (Å²) in [6.45, 7) is 8.53. The minimum atomic E-state index is -3.25. The summed E-state index contributed by atoms with van der Waals surface area (Å²) < 4.78 is 21.4. The van der Waals surface area contributed by atoms with Gasteiger partial charge in [-0.1, -0.05) is 6.92 Å². The normalized spacial score (nSPS) is 10.8. The topological polar surface area (TPSA) is 54.0 Å². The van der Waals surface area contributed by atoms with Crippen molar-refractivity contribution in [3.63, 3.8) is 0 Å². The largest absolute Gasteiger partial charge is 0.751 e. The molecule has 5 nitrogen and oxygen atoms in total. The van der Waals surface area contributed by atoms with E-state index in [4.69, 9.17) is 17.7 Å². The molecule has 0 aromatic carbocycles. The Morgan fingerprint density at radius 1 is 0.941 bits per heavy atom. The molecule has 0 saturated heterocycles. The van der Waals surface area contributed by atoms with Crippen molar-refractivity contribution in [1.82, 2.24) is 0 Å². The van der Waals surface area contributed by atoms with Gasteiger partial charge in [-0.05, 0) is 27.2 Å². The van der Waals surface area contributed by atoms with E-state index in [-0.39, 0.29) is 57.4 Å². The fourth-order valence-electron chi connectivity index (χ4n) is 1.14. The van der Waals surface area contributed by atoms with E-state index in [0.29, 0.717) is 26.2 Å². The first-order valence-electron chi connectivity index (χ1n) is 5.77. The molecule has 0 fully saturated rings. The van der Waals surface area contributed by atoms with Gasteiger partial charge in [-0.25, -0.2) is 0 Å². The van der Waals surface area contributed by atoms with Crippen LogP contribution in [0.4, 0.5) is 0 Å². The molecule has 0 unspecified atom stereocenters. The summed E-state index contributed by atoms with van der Waals surface area (Å²) in [6, 6.07) is 0. The summed E-state index contributed by atoms with van der Waals surface area (Å²) in [5, 5.41) is 0. The van der Waals surface area contributed by atoms with Gasteiger partial charge in [0.25, 0.3) is 5.97 Å². The van der Waals surface area contributed by atoms with Gasteiger partial charge >= 0.3 is 9.05 Å². The van der Waals surface area contributed by atoms with Crippen LogP contribution in [0.15, 0.2) is 0 Å². The van der Waals surface area contributed by atoms with E-state index in [9.17, 15) is 4.79 Å². The van der Waals surface area contributed by atoms with Crippen LogP contribution >= 0.6 is 0 Å². The second kappa shape index (κ2) is 12.2. The van der Waals surface area contributed by atoms with Gasteiger partial charge in [-0.3, -0.25) is 4.79 Å². The van der Waals surface area contributed by atoms with Crippen LogP contribution in [0, 0.1) is 0 Å². The molecule has 17 heavy (non-hydrogen) atoms. The zero-order chi connectivity index (χ0) is 12.4. The summed E-state index contributed by atoms with van der Waals surface area (Å²) in [6.07, 6.45) is 1.08. The molecule has 0 heterocycles. The van der Waals surface area contributed by atoms with Crippen molar-refractivity contribution < 1.29 is 22.5 Å². The molecule has 0 aliphatic rings. The van der Waals surface area contributed by atoms with Gasteiger partial charge in [0, 0.05) is 77.6 Å². The van der Waals surface area contributed by atoms with Crippen LogP contribution in [0.3, 0.4) is 0 Å². The molecule has 1 radical (unpaired) electrons. The smallest absolute Gasteiger partial charge is 0.452 e. The molecule has 0 aliphatic carbocycles. The fourth-order valence-corrected chi connectivity index (χ4v) is 3.01. The van der Waals surface area contributed by atoms with Crippen LogP contribution in [-0.2, 0) is 22.5 Å². The Balaban J connectivity index is 0. The van der Waals surface area contributed by atoms with Gasteiger partial charge in [0.1, 0.15) is 0 Å². The Bertz CT molecular complexity index is 186. The minimum absolute atomic E-state index is 0. The predicted octanol–water partition coefficient (Wildman–Crippen LogP) is 1.49. The van der Waals surface area contributed by atoms with Gasteiger partial charge < -0.3 is 17.7 Å². The molecule has 0 bridgehead atoms. The zero-order valence-electron chi connectivity index (χ0n) is 11.6. The molecule has 0 rings (SSSR count). The first-order chi connectivity index (χ1) is 7.64. The number of carbonyl (C=O) groups is 1. The van der Waals surface area contributed by atoms with E-state index in [1.54, 1.807) is 0 Å². The molecule has 0 amide bonds. The Labute approximate surface area is 147 Å². The third-order valence-corrected chi connectivity index (χ3v) is 4.06. The standard InChI is InChI=1S/C10H22O5Si.K/c1-5-9-10(11)15-16(12-6-2,13-7-3)14-8-4;/h5-9H2,1-4H3;. The van der Waals surface area contributed by atoms with E-state index in [1.165, 1.54) is 0 Å². The summed E-state index contributed by atoms with van der Waals surface area (Å²) >= 11 is 0. The third-order valence-electron chi connectivity index (χ3n) is 1.66. The van der Waals surface area contributed by atoms with Crippen molar-refractivity contribution in [3.8, 4) is 0 Å². The maximum atomic E-state index is 11.5. The maximum absolute atomic E-state index is 11.5. The van der Waals surface area contributed by atoms with Gasteiger partial charge in [0.15, 0.2) is 0 Å². The molecule has 0 aromatic heterocycles. The Kier molecular flexibility index (Phi) is 14.8. The zero-order valence-corrected chi connectivity index (χ0v) is 15.7. The first kappa shape index (κ1) is 20.5. The number of hydrogen-bond acceptors (Lipinski definition) is 5. The summed E-state index contributed by atoms with van der Waals surface area (Å²) in [4.78, 5) is 11.5. The number of rotatable bonds is 9. The average molecular weight is 289 g/mol. The van der Waals surface area contributed by atoms with E-state index >= 15 is 0 Å². The van der Waals surface area contributed by atoms with Crippen LogP contribution < -0.4 is 0 Å². The van der Waals surface area contributed by atoms with Crippen molar-refractivity contribution in [2.45, 2.75) is 40.5 Å². The molecular formula is C10H22KO5Si. The van der Waals surface area contributed by atoms with Crippen LogP contribution in [0.2, 0.25) is 0 Å². The summed E-state index contributed by atoms with van der Waals surface area (Å²) in [5.74, 6) is -0.329. The second-order valence-electron chi connectivity index (χ2n) is 3.02. The number of hydrogen-bond donors (Lipinski definition) is 0. The first-order valence-corrected chi connectivity index (χ1v) is 7.41. The van der Waals surface area contributed by atoms with E-state index in [2.05, 4.69) is 0 Å². The van der Waals surface area contributed by atoms with Crippen LogP contribution in [0.1, 0.15) is 40.5 Å².